The van der Waals surface area contributed by atoms with Gasteiger partial charge >= 0.3 is 12.3 Å². The minimum Gasteiger partial charge on any atom is -0.341 e. The second kappa shape index (κ2) is 12.2. The number of hydrogen-bond acceptors (Lipinski definition) is 5. The summed E-state index contributed by atoms with van der Waals surface area (Å²) in [6.45, 7) is 4.27. The molecular formula is C18H25NO5. The van der Waals surface area contributed by atoms with Crippen molar-refractivity contribution in [3.05, 3.63) is 24.5 Å². The number of ketones is 1. The van der Waals surface area contributed by atoms with E-state index in [4.69, 9.17) is 19.2 Å². The molecule has 2 rings (SSSR count). The van der Waals surface area contributed by atoms with Gasteiger partial charge in [-0.2, -0.15) is 19.2 Å². The average Bonchev–Trinajstić information content (AvgIpc) is 3.13. The Morgan fingerprint density at radius 1 is 0.958 bits per heavy atom. The maximum atomic E-state index is 13.0. The van der Waals surface area contributed by atoms with Crippen molar-refractivity contribution in [3.63, 3.8) is 0 Å². The number of aromatic nitrogens is 1. The molecule has 0 N–H and O–H groups in total. The summed E-state index contributed by atoms with van der Waals surface area (Å²) in [5.74, 6) is 0.703. The zero-order valence-corrected chi connectivity index (χ0v) is 14.3. The maximum Gasteiger partial charge on any atom is 0.373 e. The first kappa shape index (κ1) is 21.7. The summed E-state index contributed by atoms with van der Waals surface area (Å²) in [4.78, 5) is 45.5. The van der Waals surface area contributed by atoms with Crippen molar-refractivity contribution in [1.82, 2.24) is 4.57 Å². The fourth-order valence-electron chi connectivity index (χ4n) is 3.43. The van der Waals surface area contributed by atoms with Gasteiger partial charge in [-0.25, -0.2) is 0 Å². The summed E-state index contributed by atoms with van der Waals surface area (Å²) >= 11 is 0. The van der Waals surface area contributed by atoms with Crippen LogP contribution in [0.1, 0.15) is 58.8 Å². The molecule has 1 saturated carbocycles. The monoisotopic (exact) mass is 335 g/mol. The van der Waals surface area contributed by atoms with Gasteiger partial charge in [0, 0.05) is 18.3 Å². The number of hydrogen-bond donors (Lipinski definition) is 0. The van der Waals surface area contributed by atoms with Crippen molar-refractivity contribution in [2.45, 2.75) is 64.3 Å². The lowest BCUT2D eigenvalue weighted by Crippen LogP contribution is -2.46. The fourth-order valence-corrected chi connectivity index (χ4v) is 3.43. The van der Waals surface area contributed by atoms with Crippen LogP contribution in [0.4, 0.5) is 0 Å². The van der Waals surface area contributed by atoms with E-state index in [-0.39, 0.29) is 23.8 Å². The highest BCUT2D eigenvalue weighted by molar-refractivity contribution is 5.88. The summed E-state index contributed by atoms with van der Waals surface area (Å²) in [7, 11) is 0. The fraction of sp³-hybridized carbons (Fsp3) is 0.611. The molecule has 24 heavy (non-hydrogen) atoms. The molecule has 0 aromatic carbocycles. The Morgan fingerprint density at radius 2 is 1.38 bits per heavy atom. The molecule has 132 valence electrons. The van der Waals surface area contributed by atoms with E-state index in [1.165, 1.54) is 19.3 Å². The second-order valence-electron chi connectivity index (χ2n) is 5.73. The molecule has 0 unspecified atom stereocenters. The van der Waals surface area contributed by atoms with E-state index < -0.39 is 0 Å². The molecule has 0 spiro atoms. The number of carbonyl (C=O) groups is 1. The van der Waals surface area contributed by atoms with Gasteiger partial charge in [0.1, 0.15) is 5.54 Å². The molecule has 1 aromatic rings. The zero-order chi connectivity index (χ0) is 18.4. The van der Waals surface area contributed by atoms with Crippen LogP contribution in [0.3, 0.4) is 0 Å². The van der Waals surface area contributed by atoms with Crippen LogP contribution in [0.15, 0.2) is 24.5 Å². The van der Waals surface area contributed by atoms with Crippen LogP contribution >= 0.6 is 0 Å². The van der Waals surface area contributed by atoms with Crippen molar-refractivity contribution >= 4 is 18.1 Å². The normalized spacial score (nSPS) is 15.0. The number of rotatable bonds is 5. The highest BCUT2D eigenvalue weighted by atomic mass is 16.2. The van der Waals surface area contributed by atoms with Crippen molar-refractivity contribution in [1.29, 1.82) is 0 Å². The van der Waals surface area contributed by atoms with Crippen molar-refractivity contribution < 1.29 is 24.0 Å². The lowest BCUT2D eigenvalue weighted by Gasteiger charge is -2.39. The minimum absolute atomic E-state index is 0.227. The molecule has 1 heterocycles. The van der Waals surface area contributed by atoms with Crippen LogP contribution in [0, 0.1) is 5.92 Å². The van der Waals surface area contributed by atoms with Crippen LogP contribution in [-0.2, 0) is 29.5 Å². The molecule has 0 amide bonds. The van der Waals surface area contributed by atoms with Crippen LogP contribution in [-0.4, -0.2) is 22.7 Å². The third-order valence-corrected chi connectivity index (χ3v) is 4.59. The highest BCUT2D eigenvalue weighted by Gasteiger charge is 2.42. The minimum atomic E-state index is -0.238. The van der Waals surface area contributed by atoms with Crippen LogP contribution in [0.5, 0.6) is 0 Å². The van der Waals surface area contributed by atoms with Gasteiger partial charge in [0.05, 0.1) is 0 Å². The van der Waals surface area contributed by atoms with Crippen LogP contribution in [0.25, 0.3) is 0 Å². The first-order valence-corrected chi connectivity index (χ1v) is 8.24. The molecule has 1 aliphatic rings. The Bertz CT molecular complexity index is 516. The Morgan fingerprint density at radius 3 is 1.75 bits per heavy atom. The molecule has 1 fully saturated rings. The summed E-state index contributed by atoms with van der Waals surface area (Å²) in [5.41, 5.74) is -0.238. The molecule has 0 radical (unpaired) electrons. The van der Waals surface area contributed by atoms with E-state index in [1.54, 1.807) is 0 Å². The summed E-state index contributed by atoms with van der Waals surface area (Å²) < 4.78 is 2.19. The number of nitrogens with zero attached hydrogens (tertiary/aromatic N) is 1. The summed E-state index contributed by atoms with van der Waals surface area (Å²) in [6.07, 6.45) is 12.3. The van der Waals surface area contributed by atoms with E-state index in [0.717, 1.165) is 25.7 Å². The first-order valence-electron chi connectivity index (χ1n) is 8.24. The largest absolute Gasteiger partial charge is 0.373 e. The SMILES string of the molecule is CCC(CC)C(=O)C1(n2cccc2)CCCCC1.O=C=O.O=C=O. The van der Waals surface area contributed by atoms with E-state index in [2.05, 4.69) is 30.8 Å². The van der Waals surface area contributed by atoms with Gasteiger partial charge in [-0.3, -0.25) is 4.79 Å². The smallest absolute Gasteiger partial charge is 0.341 e. The second-order valence-corrected chi connectivity index (χ2v) is 5.73. The molecule has 0 atom stereocenters. The third-order valence-electron chi connectivity index (χ3n) is 4.59. The summed E-state index contributed by atoms with van der Waals surface area (Å²) in [5, 5.41) is 0. The number of carbonyl (C=O) groups excluding carboxylic acids is 5. The topological polar surface area (TPSA) is 90.3 Å². The maximum absolute atomic E-state index is 13.0. The molecular weight excluding hydrogens is 310 g/mol. The molecule has 0 bridgehead atoms. The van der Waals surface area contributed by atoms with Gasteiger partial charge in [0.25, 0.3) is 0 Å². The van der Waals surface area contributed by atoms with Gasteiger partial charge in [0.15, 0.2) is 5.78 Å². The zero-order valence-electron chi connectivity index (χ0n) is 14.3. The molecule has 6 nitrogen and oxygen atoms in total. The Balaban J connectivity index is 0.000000772. The molecule has 1 aromatic heterocycles. The van der Waals surface area contributed by atoms with Crippen LogP contribution in [0.2, 0.25) is 0 Å². The Kier molecular flexibility index (Phi) is 11.0. The predicted octanol–water partition coefficient (Wildman–Crippen LogP) is 2.99. The lowest BCUT2D eigenvalue weighted by molar-refractivity contribution is -0.193. The van der Waals surface area contributed by atoms with E-state index >= 15 is 0 Å². The highest BCUT2D eigenvalue weighted by Crippen LogP contribution is 2.38. The number of Topliss-reactive ketones (excluding diaryl/α,β-unsaturated/α-hetero) is 1. The van der Waals surface area contributed by atoms with Gasteiger partial charge in [-0.1, -0.05) is 33.1 Å². The average molecular weight is 335 g/mol. The Labute approximate surface area is 142 Å². The Hall–Kier alpha value is -2.29. The first-order chi connectivity index (χ1) is 11.6. The van der Waals surface area contributed by atoms with Gasteiger partial charge in [0.2, 0.25) is 0 Å². The van der Waals surface area contributed by atoms with Crippen molar-refractivity contribution in [3.8, 4) is 0 Å². The predicted molar refractivity (Wildman–Crippen MR) is 84.6 cm³/mol. The molecule has 6 heteroatoms. The van der Waals surface area contributed by atoms with Crippen molar-refractivity contribution in [2.75, 3.05) is 0 Å². The standard InChI is InChI=1S/C16H25NO.2CO2/c1-3-14(4-2)15(18)16(10-6-5-7-11-16)17-12-8-9-13-17;2*2-1-3/h8-9,12-14H,3-7,10-11H2,1-2H3;;. The van der Waals surface area contributed by atoms with E-state index in [1.807, 2.05) is 12.1 Å². The van der Waals surface area contributed by atoms with Gasteiger partial charge in [-0.05, 0) is 37.8 Å². The molecule has 1 aliphatic carbocycles. The van der Waals surface area contributed by atoms with Gasteiger partial charge < -0.3 is 4.57 Å². The van der Waals surface area contributed by atoms with E-state index in [0.29, 0.717) is 5.78 Å². The molecule has 0 aliphatic heterocycles. The van der Waals surface area contributed by atoms with Crippen LogP contribution < -0.4 is 0 Å². The third kappa shape index (κ3) is 5.73. The van der Waals surface area contributed by atoms with Gasteiger partial charge in [-0.15, -0.1) is 0 Å². The van der Waals surface area contributed by atoms with E-state index in [9.17, 15) is 4.79 Å². The lowest BCUT2D eigenvalue weighted by atomic mass is 9.73. The summed E-state index contributed by atoms with van der Waals surface area (Å²) in [6, 6.07) is 4.08. The molecule has 0 saturated heterocycles. The van der Waals surface area contributed by atoms with Crippen molar-refractivity contribution in [2.24, 2.45) is 5.92 Å². The quantitative estimate of drug-likeness (QED) is 0.825.